The Labute approximate surface area is 143 Å². The van der Waals surface area contributed by atoms with Crippen LogP contribution in [-0.2, 0) is 6.54 Å². The van der Waals surface area contributed by atoms with E-state index in [0.29, 0.717) is 11.5 Å². The summed E-state index contributed by atoms with van der Waals surface area (Å²) in [5.41, 5.74) is 2.63. The van der Waals surface area contributed by atoms with Gasteiger partial charge in [-0.25, -0.2) is 4.39 Å². The highest BCUT2D eigenvalue weighted by Gasteiger charge is 2.30. The van der Waals surface area contributed by atoms with Gasteiger partial charge in [-0.05, 0) is 80.8 Å². The molecular weight excluding hydrogens is 303 g/mol. The van der Waals surface area contributed by atoms with Crippen molar-refractivity contribution in [3.05, 3.63) is 34.6 Å². The number of halogens is 1. The van der Waals surface area contributed by atoms with Crippen LogP contribution in [0.5, 0.6) is 0 Å². The quantitative estimate of drug-likeness (QED) is 0.835. The van der Waals surface area contributed by atoms with E-state index in [1.807, 2.05) is 6.07 Å². The molecule has 24 heavy (non-hydrogen) atoms. The summed E-state index contributed by atoms with van der Waals surface area (Å²) < 4.78 is 14.7. The van der Waals surface area contributed by atoms with Gasteiger partial charge in [0.15, 0.2) is 0 Å². The molecule has 1 aromatic carbocycles. The molecule has 4 rings (SSSR count). The van der Waals surface area contributed by atoms with Crippen molar-refractivity contribution in [1.29, 1.82) is 0 Å². The second-order valence-corrected chi connectivity index (χ2v) is 7.64. The fraction of sp³-hybridized carbons (Fsp3) is 0.650. The Bertz CT molecular complexity index is 614. The van der Waals surface area contributed by atoms with E-state index in [1.165, 1.54) is 37.7 Å². The smallest absolute Gasteiger partial charge is 0.256 e. The predicted molar refractivity (Wildman–Crippen MR) is 92.6 cm³/mol. The van der Waals surface area contributed by atoms with Crippen molar-refractivity contribution in [2.24, 2.45) is 0 Å². The van der Waals surface area contributed by atoms with Crippen molar-refractivity contribution in [2.75, 3.05) is 26.2 Å². The van der Waals surface area contributed by atoms with Gasteiger partial charge in [-0.3, -0.25) is 9.69 Å². The van der Waals surface area contributed by atoms with Gasteiger partial charge in [0, 0.05) is 19.6 Å². The lowest BCUT2D eigenvalue weighted by atomic mass is 9.97. The third kappa shape index (κ3) is 3.34. The average molecular weight is 330 g/mol. The third-order valence-corrected chi connectivity index (χ3v) is 5.71. The number of piperidine rings is 1. The van der Waals surface area contributed by atoms with Crippen molar-refractivity contribution in [3.8, 4) is 0 Å². The minimum atomic E-state index is -0.330. The van der Waals surface area contributed by atoms with Crippen LogP contribution in [-0.4, -0.2) is 41.9 Å². The summed E-state index contributed by atoms with van der Waals surface area (Å²) in [6.45, 7) is 4.60. The van der Waals surface area contributed by atoms with Crippen LogP contribution in [0.1, 0.15) is 72.3 Å². The Balaban J connectivity index is 1.60. The van der Waals surface area contributed by atoms with Gasteiger partial charge in [-0.2, -0.15) is 0 Å². The van der Waals surface area contributed by atoms with Crippen LogP contribution in [0.2, 0.25) is 0 Å². The molecule has 0 radical (unpaired) electrons. The molecule has 1 amide bonds. The van der Waals surface area contributed by atoms with Gasteiger partial charge in [0.1, 0.15) is 5.82 Å². The molecule has 2 aliphatic heterocycles. The van der Waals surface area contributed by atoms with E-state index >= 15 is 0 Å². The summed E-state index contributed by atoms with van der Waals surface area (Å²) in [5.74, 6) is 0.0928. The van der Waals surface area contributed by atoms with Crippen LogP contribution in [0.3, 0.4) is 0 Å². The first kappa shape index (κ1) is 16.1. The van der Waals surface area contributed by atoms with Crippen LogP contribution in [0, 0.1) is 5.82 Å². The predicted octanol–water partition coefficient (Wildman–Crippen LogP) is 3.93. The van der Waals surface area contributed by atoms with E-state index in [4.69, 9.17) is 0 Å². The fourth-order valence-electron chi connectivity index (χ4n) is 4.16. The minimum Gasteiger partial charge on any atom is -0.339 e. The van der Waals surface area contributed by atoms with Gasteiger partial charge < -0.3 is 4.90 Å². The molecule has 1 aliphatic carbocycles. The highest BCUT2D eigenvalue weighted by Crippen LogP contribution is 2.43. The van der Waals surface area contributed by atoms with Gasteiger partial charge in [0.25, 0.3) is 5.91 Å². The molecule has 0 bridgehead atoms. The Morgan fingerprint density at radius 3 is 2.33 bits per heavy atom. The van der Waals surface area contributed by atoms with Gasteiger partial charge in [-0.1, -0.05) is 6.42 Å². The van der Waals surface area contributed by atoms with E-state index < -0.39 is 0 Å². The maximum Gasteiger partial charge on any atom is 0.256 e. The zero-order valence-corrected chi connectivity index (χ0v) is 14.4. The number of hydrogen-bond acceptors (Lipinski definition) is 2. The molecule has 0 N–H and O–H groups in total. The van der Waals surface area contributed by atoms with Crippen molar-refractivity contribution < 1.29 is 9.18 Å². The highest BCUT2D eigenvalue weighted by atomic mass is 19.1. The summed E-state index contributed by atoms with van der Waals surface area (Å²) >= 11 is 0. The number of nitrogens with zero attached hydrogens (tertiary/aromatic N) is 2. The van der Waals surface area contributed by atoms with Gasteiger partial charge >= 0.3 is 0 Å². The van der Waals surface area contributed by atoms with E-state index in [2.05, 4.69) is 4.90 Å². The molecule has 0 atom stereocenters. The highest BCUT2D eigenvalue weighted by molar-refractivity contribution is 5.95. The third-order valence-electron chi connectivity index (χ3n) is 5.71. The number of carbonyl (C=O) groups is 1. The number of amides is 1. The lowest BCUT2D eigenvalue weighted by molar-refractivity contribution is 0.0788. The number of benzene rings is 1. The van der Waals surface area contributed by atoms with E-state index in [-0.39, 0.29) is 11.7 Å². The molecule has 4 heteroatoms. The molecule has 0 spiro atoms. The maximum absolute atomic E-state index is 14.7. The van der Waals surface area contributed by atoms with Gasteiger partial charge in [-0.15, -0.1) is 0 Å². The lowest BCUT2D eigenvalue weighted by Gasteiger charge is -2.27. The molecule has 130 valence electrons. The van der Waals surface area contributed by atoms with Crippen molar-refractivity contribution in [2.45, 2.75) is 57.4 Å². The molecule has 2 heterocycles. The SMILES string of the molecule is O=C(c1cc(C2CC2)c(CN2CCCCC2)cc1F)N1CCCC1. The first-order chi connectivity index (χ1) is 11.7. The number of likely N-dealkylation sites (tertiary alicyclic amines) is 2. The zero-order chi connectivity index (χ0) is 16.5. The standard InChI is InChI=1S/C20H27FN2O/c21-19-12-16(14-22-8-2-1-3-9-22)17(15-6-7-15)13-18(19)20(24)23-10-4-5-11-23/h12-13,15H,1-11,14H2. The summed E-state index contributed by atoms with van der Waals surface area (Å²) in [7, 11) is 0. The summed E-state index contributed by atoms with van der Waals surface area (Å²) in [6, 6.07) is 3.54. The van der Waals surface area contributed by atoms with Crippen LogP contribution in [0.25, 0.3) is 0 Å². The average Bonchev–Trinajstić information content (AvgIpc) is 3.29. The molecule has 1 saturated carbocycles. The Hall–Kier alpha value is -1.42. The topological polar surface area (TPSA) is 23.6 Å². The first-order valence-electron chi connectivity index (χ1n) is 9.56. The second kappa shape index (κ2) is 6.83. The number of carbonyl (C=O) groups excluding carboxylic acids is 1. The molecule has 3 aliphatic rings. The van der Waals surface area contributed by atoms with Crippen LogP contribution >= 0.6 is 0 Å². The van der Waals surface area contributed by atoms with Crippen molar-refractivity contribution >= 4 is 5.91 Å². The zero-order valence-electron chi connectivity index (χ0n) is 14.4. The monoisotopic (exact) mass is 330 g/mol. The van der Waals surface area contributed by atoms with E-state index in [9.17, 15) is 9.18 Å². The summed E-state index contributed by atoms with van der Waals surface area (Å²) in [4.78, 5) is 16.9. The largest absolute Gasteiger partial charge is 0.339 e. The number of rotatable bonds is 4. The Morgan fingerprint density at radius 1 is 1.00 bits per heavy atom. The maximum atomic E-state index is 14.7. The van der Waals surface area contributed by atoms with Gasteiger partial charge in [0.2, 0.25) is 0 Å². The minimum absolute atomic E-state index is 0.114. The second-order valence-electron chi connectivity index (χ2n) is 7.64. The molecule has 1 aromatic rings. The number of hydrogen-bond donors (Lipinski definition) is 0. The lowest BCUT2D eigenvalue weighted by Crippen LogP contribution is -2.30. The first-order valence-corrected chi connectivity index (χ1v) is 9.56. The van der Waals surface area contributed by atoms with Crippen LogP contribution in [0.15, 0.2) is 12.1 Å². The van der Waals surface area contributed by atoms with Gasteiger partial charge in [0.05, 0.1) is 5.56 Å². The molecule has 3 nitrogen and oxygen atoms in total. The summed E-state index contributed by atoms with van der Waals surface area (Å²) in [5, 5.41) is 0. The van der Waals surface area contributed by atoms with E-state index in [1.54, 1.807) is 11.0 Å². The molecule has 2 saturated heterocycles. The molecule has 3 fully saturated rings. The Kier molecular flexibility index (Phi) is 4.57. The van der Waals surface area contributed by atoms with E-state index in [0.717, 1.165) is 51.1 Å². The fourth-order valence-corrected chi connectivity index (χ4v) is 4.16. The van der Waals surface area contributed by atoms with Crippen molar-refractivity contribution in [1.82, 2.24) is 9.80 Å². The van der Waals surface area contributed by atoms with Crippen molar-refractivity contribution in [3.63, 3.8) is 0 Å². The molecular formula is C20H27FN2O. The Morgan fingerprint density at radius 2 is 1.67 bits per heavy atom. The normalized spacial score (nSPS) is 22.1. The molecule has 0 aromatic heterocycles. The van der Waals surface area contributed by atoms with Crippen LogP contribution in [0.4, 0.5) is 4.39 Å². The van der Waals surface area contributed by atoms with Crippen LogP contribution < -0.4 is 0 Å². The molecule has 0 unspecified atom stereocenters. The summed E-state index contributed by atoms with van der Waals surface area (Å²) in [6.07, 6.45) is 8.22.